The Morgan fingerprint density at radius 3 is 2.68 bits per heavy atom. The van der Waals surface area contributed by atoms with E-state index in [1.807, 2.05) is 6.20 Å². The van der Waals surface area contributed by atoms with E-state index < -0.39 is 0 Å². The topological polar surface area (TPSA) is 49.8 Å². The van der Waals surface area contributed by atoms with Crippen LogP contribution in [-0.4, -0.2) is 22.1 Å². The second-order valence-corrected chi connectivity index (χ2v) is 5.90. The van der Waals surface area contributed by atoms with Crippen LogP contribution in [0.2, 0.25) is 0 Å². The molecule has 0 saturated heterocycles. The SMILES string of the molecule is CCCNc1ncc(C)c(NC2(C)CCCCC2)n1. The van der Waals surface area contributed by atoms with E-state index >= 15 is 0 Å². The lowest BCUT2D eigenvalue weighted by Crippen LogP contribution is -2.37. The average Bonchev–Trinajstić information content (AvgIpc) is 2.40. The van der Waals surface area contributed by atoms with Crippen LogP contribution in [0.5, 0.6) is 0 Å². The molecule has 1 aromatic heterocycles. The molecule has 0 radical (unpaired) electrons. The fourth-order valence-corrected chi connectivity index (χ4v) is 2.63. The molecule has 1 aliphatic rings. The van der Waals surface area contributed by atoms with Crippen molar-refractivity contribution in [1.29, 1.82) is 0 Å². The highest BCUT2D eigenvalue weighted by molar-refractivity contribution is 5.48. The quantitative estimate of drug-likeness (QED) is 0.848. The zero-order chi connectivity index (χ0) is 13.7. The minimum absolute atomic E-state index is 0.194. The number of nitrogens with one attached hydrogen (secondary N) is 2. The summed E-state index contributed by atoms with van der Waals surface area (Å²) in [6.45, 7) is 7.44. The maximum absolute atomic E-state index is 4.62. The normalized spacial score (nSPS) is 18.1. The summed E-state index contributed by atoms with van der Waals surface area (Å²) in [5.74, 6) is 1.72. The Balaban J connectivity index is 2.09. The van der Waals surface area contributed by atoms with Gasteiger partial charge in [-0.05, 0) is 33.1 Å². The van der Waals surface area contributed by atoms with Crippen molar-refractivity contribution in [3.05, 3.63) is 11.8 Å². The lowest BCUT2D eigenvalue weighted by Gasteiger charge is -2.35. The van der Waals surface area contributed by atoms with Crippen LogP contribution < -0.4 is 10.6 Å². The number of anilines is 2. The minimum atomic E-state index is 0.194. The Morgan fingerprint density at radius 2 is 2.00 bits per heavy atom. The number of aryl methyl sites for hydroxylation is 1. The van der Waals surface area contributed by atoms with E-state index in [4.69, 9.17) is 0 Å². The van der Waals surface area contributed by atoms with Gasteiger partial charge in [0.25, 0.3) is 0 Å². The molecule has 1 aromatic rings. The molecule has 0 amide bonds. The first-order chi connectivity index (χ1) is 9.13. The molecular weight excluding hydrogens is 236 g/mol. The molecule has 1 heterocycles. The Kier molecular flexibility index (Phi) is 4.61. The van der Waals surface area contributed by atoms with Crippen LogP contribution >= 0.6 is 0 Å². The molecule has 4 heteroatoms. The van der Waals surface area contributed by atoms with Gasteiger partial charge in [0.2, 0.25) is 5.95 Å². The van der Waals surface area contributed by atoms with Gasteiger partial charge < -0.3 is 10.6 Å². The van der Waals surface area contributed by atoms with Crippen LogP contribution in [0.25, 0.3) is 0 Å². The summed E-state index contributed by atoms with van der Waals surface area (Å²) < 4.78 is 0. The Morgan fingerprint density at radius 1 is 1.26 bits per heavy atom. The van der Waals surface area contributed by atoms with Crippen molar-refractivity contribution in [1.82, 2.24) is 9.97 Å². The third kappa shape index (κ3) is 3.82. The van der Waals surface area contributed by atoms with Crippen LogP contribution in [0.15, 0.2) is 6.20 Å². The summed E-state index contributed by atoms with van der Waals surface area (Å²) >= 11 is 0. The summed E-state index contributed by atoms with van der Waals surface area (Å²) in [6, 6.07) is 0. The van der Waals surface area contributed by atoms with Crippen LogP contribution in [0.4, 0.5) is 11.8 Å². The van der Waals surface area contributed by atoms with Crippen molar-refractivity contribution < 1.29 is 0 Å². The molecule has 0 unspecified atom stereocenters. The van der Waals surface area contributed by atoms with E-state index in [1.165, 1.54) is 32.1 Å². The average molecular weight is 262 g/mol. The van der Waals surface area contributed by atoms with Gasteiger partial charge in [0.15, 0.2) is 0 Å². The molecule has 106 valence electrons. The Bertz CT molecular complexity index is 411. The fourth-order valence-electron chi connectivity index (χ4n) is 2.63. The Hall–Kier alpha value is -1.32. The predicted octanol–water partition coefficient (Wildman–Crippen LogP) is 3.74. The monoisotopic (exact) mass is 262 g/mol. The molecule has 2 N–H and O–H groups in total. The smallest absolute Gasteiger partial charge is 0.224 e. The number of rotatable bonds is 5. The standard InChI is InChI=1S/C15H26N4/c1-4-10-16-14-17-11-12(2)13(18-14)19-15(3)8-6-5-7-9-15/h11H,4-10H2,1-3H3,(H2,16,17,18,19). The number of nitrogens with zero attached hydrogens (tertiary/aromatic N) is 2. The highest BCUT2D eigenvalue weighted by atomic mass is 15.2. The molecule has 1 saturated carbocycles. The van der Waals surface area contributed by atoms with E-state index in [-0.39, 0.29) is 5.54 Å². The maximum Gasteiger partial charge on any atom is 0.224 e. The highest BCUT2D eigenvalue weighted by Crippen LogP contribution is 2.31. The summed E-state index contributed by atoms with van der Waals surface area (Å²) in [5, 5.41) is 6.90. The van der Waals surface area contributed by atoms with Crippen LogP contribution in [0.1, 0.15) is 57.9 Å². The summed E-state index contributed by atoms with van der Waals surface area (Å²) in [7, 11) is 0. The van der Waals surface area contributed by atoms with Crippen molar-refractivity contribution in [2.75, 3.05) is 17.2 Å². The molecule has 2 rings (SSSR count). The van der Waals surface area contributed by atoms with Crippen LogP contribution in [0, 0.1) is 6.92 Å². The molecule has 0 atom stereocenters. The van der Waals surface area contributed by atoms with Gasteiger partial charge in [0.05, 0.1) is 0 Å². The molecule has 4 nitrogen and oxygen atoms in total. The van der Waals surface area contributed by atoms with Crippen molar-refractivity contribution >= 4 is 11.8 Å². The zero-order valence-electron chi connectivity index (χ0n) is 12.4. The van der Waals surface area contributed by atoms with Crippen LogP contribution in [0.3, 0.4) is 0 Å². The molecule has 0 spiro atoms. The maximum atomic E-state index is 4.62. The number of aromatic nitrogens is 2. The highest BCUT2D eigenvalue weighted by Gasteiger charge is 2.27. The van der Waals surface area contributed by atoms with E-state index in [9.17, 15) is 0 Å². The molecule has 19 heavy (non-hydrogen) atoms. The third-order valence-corrected chi connectivity index (χ3v) is 3.88. The van der Waals surface area contributed by atoms with E-state index in [2.05, 4.69) is 41.4 Å². The third-order valence-electron chi connectivity index (χ3n) is 3.88. The van der Waals surface area contributed by atoms with Gasteiger partial charge in [-0.25, -0.2) is 4.98 Å². The summed E-state index contributed by atoms with van der Waals surface area (Å²) in [6.07, 6.45) is 9.44. The first kappa shape index (κ1) is 14.1. The van der Waals surface area contributed by atoms with Crippen molar-refractivity contribution in [2.45, 2.75) is 64.8 Å². The Labute approximate surface area is 116 Å². The fraction of sp³-hybridized carbons (Fsp3) is 0.733. The van der Waals surface area contributed by atoms with Crippen molar-refractivity contribution in [3.8, 4) is 0 Å². The second kappa shape index (κ2) is 6.22. The molecule has 0 bridgehead atoms. The minimum Gasteiger partial charge on any atom is -0.365 e. The van der Waals surface area contributed by atoms with Gasteiger partial charge in [-0.15, -0.1) is 0 Å². The number of hydrogen-bond donors (Lipinski definition) is 2. The molecule has 0 aliphatic heterocycles. The molecule has 0 aromatic carbocycles. The van der Waals surface area contributed by atoms with Crippen molar-refractivity contribution in [3.63, 3.8) is 0 Å². The predicted molar refractivity (Wildman–Crippen MR) is 80.7 cm³/mol. The van der Waals surface area contributed by atoms with E-state index in [0.717, 1.165) is 30.3 Å². The molecular formula is C15H26N4. The first-order valence-electron chi connectivity index (χ1n) is 7.49. The first-order valence-corrected chi connectivity index (χ1v) is 7.49. The van der Waals surface area contributed by atoms with Gasteiger partial charge in [0, 0.05) is 23.8 Å². The lowest BCUT2D eigenvalue weighted by atomic mass is 9.83. The lowest BCUT2D eigenvalue weighted by molar-refractivity contribution is 0.348. The second-order valence-electron chi connectivity index (χ2n) is 5.90. The van der Waals surface area contributed by atoms with Gasteiger partial charge in [0.1, 0.15) is 5.82 Å². The molecule has 1 aliphatic carbocycles. The van der Waals surface area contributed by atoms with Gasteiger partial charge in [-0.1, -0.05) is 26.2 Å². The summed E-state index contributed by atoms with van der Waals surface area (Å²) in [4.78, 5) is 8.95. The summed E-state index contributed by atoms with van der Waals surface area (Å²) in [5.41, 5.74) is 1.31. The molecule has 1 fully saturated rings. The zero-order valence-corrected chi connectivity index (χ0v) is 12.4. The van der Waals surface area contributed by atoms with Gasteiger partial charge in [-0.3, -0.25) is 0 Å². The largest absolute Gasteiger partial charge is 0.365 e. The van der Waals surface area contributed by atoms with E-state index in [0.29, 0.717) is 0 Å². The van der Waals surface area contributed by atoms with Gasteiger partial charge >= 0.3 is 0 Å². The van der Waals surface area contributed by atoms with Gasteiger partial charge in [-0.2, -0.15) is 4.98 Å². The van der Waals surface area contributed by atoms with Crippen molar-refractivity contribution in [2.24, 2.45) is 0 Å². The van der Waals surface area contributed by atoms with Crippen LogP contribution in [-0.2, 0) is 0 Å². The van der Waals surface area contributed by atoms with E-state index in [1.54, 1.807) is 0 Å². The number of hydrogen-bond acceptors (Lipinski definition) is 4.